The highest BCUT2D eigenvalue weighted by atomic mass is 16.5. The van der Waals surface area contributed by atoms with Gasteiger partial charge in [-0.1, -0.05) is 12.1 Å². The summed E-state index contributed by atoms with van der Waals surface area (Å²) in [6.45, 7) is 3.50. The summed E-state index contributed by atoms with van der Waals surface area (Å²) >= 11 is 0. The number of amides is 1. The molecular formula is C14H18N2O3. The molecule has 1 aliphatic heterocycles. The number of carbonyl (C=O) groups excluding carboxylic acids is 2. The molecule has 2 rings (SSSR count). The lowest BCUT2D eigenvalue weighted by Gasteiger charge is -2.29. The second kappa shape index (κ2) is 4.66. The Labute approximate surface area is 112 Å². The lowest BCUT2D eigenvalue weighted by molar-refractivity contribution is -0.152. The molecular weight excluding hydrogens is 244 g/mol. The number of rotatable bonds is 3. The van der Waals surface area contributed by atoms with Crippen LogP contribution in [0.15, 0.2) is 18.2 Å². The fourth-order valence-electron chi connectivity index (χ4n) is 2.25. The zero-order chi connectivity index (χ0) is 14.2. The van der Waals surface area contributed by atoms with Crippen LogP contribution in [0.25, 0.3) is 0 Å². The van der Waals surface area contributed by atoms with Gasteiger partial charge in [-0.2, -0.15) is 0 Å². The minimum atomic E-state index is -0.820. The Morgan fingerprint density at radius 3 is 2.79 bits per heavy atom. The standard InChI is InChI=1S/C14H18N2O3/c1-14(2,13(18)19-3)12(15)8-4-5-10-9(6-8)7-11(17)16-10/h4-6,12H,7,15H2,1-3H3,(H,16,17). The molecule has 102 valence electrons. The van der Waals surface area contributed by atoms with Crippen LogP contribution >= 0.6 is 0 Å². The fourth-order valence-corrected chi connectivity index (χ4v) is 2.25. The summed E-state index contributed by atoms with van der Waals surface area (Å²) in [5.41, 5.74) is 7.91. The van der Waals surface area contributed by atoms with Crippen molar-refractivity contribution in [2.24, 2.45) is 11.1 Å². The smallest absolute Gasteiger partial charge is 0.313 e. The molecule has 0 bridgehead atoms. The Kier molecular flexibility index (Phi) is 3.32. The molecule has 0 aromatic heterocycles. The number of esters is 1. The van der Waals surface area contributed by atoms with Crippen LogP contribution < -0.4 is 11.1 Å². The van der Waals surface area contributed by atoms with Gasteiger partial charge in [0.15, 0.2) is 0 Å². The quantitative estimate of drug-likeness (QED) is 0.806. The van der Waals surface area contributed by atoms with Gasteiger partial charge in [-0.25, -0.2) is 0 Å². The van der Waals surface area contributed by atoms with E-state index in [0.717, 1.165) is 16.8 Å². The molecule has 0 radical (unpaired) electrons. The number of nitrogens with one attached hydrogen (secondary N) is 1. The Balaban J connectivity index is 2.31. The first kappa shape index (κ1) is 13.5. The van der Waals surface area contributed by atoms with Gasteiger partial charge in [0, 0.05) is 11.7 Å². The summed E-state index contributed by atoms with van der Waals surface area (Å²) in [6.07, 6.45) is 0.356. The minimum absolute atomic E-state index is 0.0204. The maximum absolute atomic E-state index is 11.8. The predicted molar refractivity (Wildman–Crippen MR) is 71.5 cm³/mol. The van der Waals surface area contributed by atoms with Gasteiger partial charge < -0.3 is 15.8 Å². The van der Waals surface area contributed by atoms with Gasteiger partial charge in [-0.05, 0) is 31.0 Å². The number of anilines is 1. The first-order chi connectivity index (χ1) is 8.86. The summed E-state index contributed by atoms with van der Waals surface area (Å²) in [7, 11) is 1.35. The first-order valence-corrected chi connectivity index (χ1v) is 6.13. The average Bonchev–Trinajstić information content (AvgIpc) is 2.75. The molecule has 0 saturated carbocycles. The maximum atomic E-state index is 11.8. The number of nitrogens with two attached hydrogens (primary N) is 1. The molecule has 19 heavy (non-hydrogen) atoms. The van der Waals surface area contributed by atoms with Crippen molar-refractivity contribution in [3.05, 3.63) is 29.3 Å². The molecule has 0 aliphatic carbocycles. The lowest BCUT2D eigenvalue weighted by Crippen LogP contribution is -2.37. The van der Waals surface area contributed by atoms with Crippen molar-refractivity contribution in [3.63, 3.8) is 0 Å². The molecule has 0 saturated heterocycles. The number of ether oxygens (including phenoxy) is 1. The van der Waals surface area contributed by atoms with Gasteiger partial charge in [0.25, 0.3) is 0 Å². The van der Waals surface area contributed by atoms with E-state index in [2.05, 4.69) is 5.32 Å². The van der Waals surface area contributed by atoms with Crippen molar-refractivity contribution in [3.8, 4) is 0 Å². The van der Waals surface area contributed by atoms with Crippen LogP contribution in [-0.2, 0) is 20.7 Å². The number of methoxy groups -OCH3 is 1. The van der Waals surface area contributed by atoms with E-state index in [4.69, 9.17) is 10.5 Å². The Morgan fingerprint density at radius 2 is 2.16 bits per heavy atom. The van der Waals surface area contributed by atoms with Crippen molar-refractivity contribution >= 4 is 17.6 Å². The second-order valence-electron chi connectivity index (χ2n) is 5.33. The molecule has 0 spiro atoms. The summed E-state index contributed by atoms with van der Waals surface area (Å²) in [5.74, 6) is -0.373. The van der Waals surface area contributed by atoms with E-state index in [-0.39, 0.29) is 11.9 Å². The molecule has 1 aromatic rings. The van der Waals surface area contributed by atoms with Crippen molar-refractivity contribution in [1.29, 1.82) is 0 Å². The molecule has 5 nitrogen and oxygen atoms in total. The molecule has 1 heterocycles. The number of benzene rings is 1. The Bertz CT molecular complexity index is 537. The molecule has 5 heteroatoms. The molecule has 1 aromatic carbocycles. The number of hydrogen-bond donors (Lipinski definition) is 2. The minimum Gasteiger partial charge on any atom is -0.469 e. The van der Waals surface area contributed by atoms with Crippen LogP contribution in [0, 0.1) is 5.41 Å². The van der Waals surface area contributed by atoms with E-state index in [9.17, 15) is 9.59 Å². The van der Waals surface area contributed by atoms with Gasteiger partial charge >= 0.3 is 5.97 Å². The predicted octanol–water partition coefficient (Wildman–Crippen LogP) is 1.38. The summed E-state index contributed by atoms with van der Waals surface area (Å²) < 4.78 is 4.78. The topological polar surface area (TPSA) is 81.4 Å². The highest BCUT2D eigenvalue weighted by Crippen LogP contribution is 2.35. The number of fused-ring (bicyclic) bond motifs is 1. The second-order valence-corrected chi connectivity index (χ2v) is 5.33. The van der Waals surface area contributed by atoms with Crippen molar-refractivity contribution in [2.75, 3.05) is 12.4 Å². The van der Waals surface area contributed by atoms with Gasteiger partial charge in [0.1, 0.15) is 0 Å². The first-order valence-electron chi connectivity index (χ1n) is 6.13. The summed E-state index contributed by atoms with van der Waals surface area (Å²) in [5, 5.41) is 2.76. The normalized spacial score (nSPS) is 15.7. The monoisotopic (exact) mass is 262 g/mol. The van der Waals surface area contributed by atoms with Crippen LogP contribution in [0.3, 0.4) is 0 Å². The van der Waals surface area contributed by atoms with Gasteiger partial charge in [0.05, 0.1) is 18.9 Å². The maximum Gasteiger partial charge on any atom is 0.313 e. The Morgan fingerprint density at radius 1 is 1.47 bits per heavy atom. The number of carbonyl (C=O) groups is 2. The average molecular weight is 262 g/mol. The third-order valence-corrected chi connectivity index (χ3v) is 3.60. The van der Waals surface area contributed by atoms with Crippen LogP contribution in [0.1, 0.15) is 31.0 Å². The molecule has 1 amide bonds. The third kappa shape index (κ3) is 2.33. The summed E-state index contributed by atoms with van der Waals surface area (Å²) in [4.78, 5) is 23.1. The highest BCUT2D eigenvalue weighted by Gasteiger charge is 2.37. The van der Waals surface area contributed by atoms with Crippen LogP contribution in [0.5, 0.6) is 0 Å². The molecule has 3 N–H and O–H groups in total. The van der Waals surface area contributed by atoms with Gasteiger partial charge in [0.2, 0.25) is 5.91 Å². The Hall–Kier alpha value is -1.88. The zero-order valence-electron chi connectivity index (χ0n) is 11.3. The van der Waals surface area contributed by atoms with Crippen LogP contribution in [0.4, 0.5) is 5.69 Å². The van der Waals surface area contributed by atoms with E-state index in [1.165, 1.54) is 7.11 Å². The fraction of sp³-hybridized carbons (Fsp3) is 0.429. The van der Waals surface area contributed by atoms with E-state index < -0.39 is 11.5 Å². The van der Waals surface area contributed by atoms with E-state index >= 15 is 0 Å². The summed E-state index contributed by atoms with van der Waals surface area (Å²) in [6, 6.07) is 5.05. The molecule has 1 unspecified atom stereocenters. The van der Waals surface area contributed by atoms with Crippen LogP contribution in [0.2, 0.25) is 0 Å². The van der Waals surface area contributed by atoms with E-state index in [0.29, 0.717) is 6.42 Å². The number of hydrogen-bond acceptors (Lipinski definition) is 4. The lowest BCUT2D eigenvalue weighted by atomic mass is 9.80. The van der Waals surface area contributed by atoms with Crippen molar-refractivity contribution in [2.45, 2.75) is 26.3 Å². The van der Waals surface area contributed by atoms with E-state index in [1.54, 1.807) is 13.8 Å². The largest absolute Gasteiger partial charge is 0.469 e. The third-order valence-electron chi connectivity index (χ3n) is 3.60. The van der Waals surface area contributed by atoms with Gasteiger partial charge in [-0.15, -0.1) is 0 Å². The van der Waals surface area contributed by atoms with E-state index in [1.807, 2.05) is 18.2 Å². The van der Waals surface area contributed by atoms with Gasteiger partial charge in [-0.3, -0.25) is 9.59 Å². The highest BCUT2D eigenvalue weighted by molar-refractivity contribution is 5.99. The van der Waals surface area contributed by atoms with Crippen molar-refractivity contribution < 1.29 is 14.3 Å². The molecule has 1 aliphatic rings. The zero-order valence-corrected chi connectivity index (χ0v) is 11.3. The SMILES string of the molecule is COC(=O)C(C)(C)C(N)c1ccc2c(c1)CC(=O)N2. The van der Waals surface area contributed by atoms with Crippen LogP contribution in [-0.4, -0.2) is 19.0 Å². The van der Waals surface area contributed by atoms with Crippen molar-refractivity contribution in [1.82, 2.24) is 0 Å². The molecule has 0 fully saturated rings. The molecule has 1 atom stereocenters.